The summed E-state index contributed by atoms with van der Waals surface area (Å²) in [7, 11) is 1.33. The van der Waals surface area contributed by atoms with Gasteiger partial charge < -0.3 is 14.4 Å². The van der Waals surface area contributed by atoms with Crippen LogP contribution >= 0.6 is 0 Å². The van der Waals surface area contributed by atoms with Gasteiger partial charge >= 0.3 is 5.97 Å². The quantitative estimate of drug-likeness (QED) is 0.289. The molecule has 0 radical (unpaired) electrons. The lowest BCUT2D eigenvalue weighted by Crippen LogP contribution is -2.32. The van der Waals surface area contributed by atoms with Crippen LogP contribution in [0.5, 0.6) is 0 Å². The zero-order valence-corrected chi connectivity index (χ0v) is 15.5. The molecule has 0 unspecified atom stereocenters. The molecule has 1 aliphatic rings. The van der Waals surface area contributed by atoms with Gasteiger partial charge in [0.15, 0.2) is 5.78 Å². The summed E-state index contributed by atoms with van der Waals surface area (Å²) in [4.78, 5) is 36.6. The third-order valence-corrected chi connectivity index (χ3v) is 4.29. The number of nitrogens with zero attached hydrogens (tertiary/aromatic N) is 1. The van der Waals surface area contributed by atoms with Crippen LogP contribution in [-0.4, -0.2) is 55.5 Å². The number of carbonyl (C=O) groups excluding carboxylic acids is 3. The molecule has 1 fully saturated rings. The molecule has 1 rings (SSSR count). The minimum Gasteiger partial charge on any atom is -0.467 e. The number of ether oxygens (including phenoxy) is 2. The van der Waals surface area contributed by atoms with Gasteiger partial charge in [0.25, 0.3) is 0 Å². The number of methoxy groups -OCH3 is 1. The van der Waals surface area contributed by atoms with E-state index in [4.69, 9.17) is 4.74 Å². The van der Waals surface area contributed by atoms with Crippen LogP contribution < -0.4 is 0 Å². The minimum absolute atomic E-state index is 0.0265. The van der Waals surface area contributed by atoms with Crippen LogP contribution in [-0.2, 0) is 23.9 Å². The Morgan fingerprint density at radius 3 is 2.76 bits per heavy atom. The van der Waals surface area contributed by atoms with Crippen LogP contribution in [0.25, 0.3) is 0 Å². The number of carbonyl (C=O) groups is 3. The molecular weight excluding hydrogens is 322 g/mol. The topological polar surface area (TPSA) is 72.9 Å². The number of likely N-dealkylation sites (tertiary alicyclic amines) is 1. The molecule has 6 nitrogen and oxygen atoms in total. The summed E-state index contributed by atoms with van der Waals surface area (Å²) in [5.41, 5.74) is 0. The lowest BCUT2D eigenvalue weighted by atomic mass is 10.1. The molecule has 1 heterocycles. The fourth-order valence-corrected chi connectivity index (χ4v) is 2.80. The molecule has 0 saturated carbocycles. The second-order valence-electron chi connectivity index (χ2n) is 6.31. The van der Waals surface area contributed by atoms with Crippen molar-refractivity contribution < 1.29 is 23.9 Å². The number of esters is 1. The first-order valence-corrected chi connectivity index (χ1v) is 9.23. The van der Waals surface area contributed by atoms with Gasteiger partial charge in [-0.3, -0.25) is 9.59 Å². The van der Waals surface area contributed by atoms with Crippen molar-refractivity contribution in [2.24, 2.45) is 0 Å². The number of hydrogen-bond acceptors (Lipinski definition) is 5. The van der Waals surface area contributed by atoms with Crippen molar-refractivity contribution in [3.63, 3.8) is 0 Å². The Kier molecular flexibility index (Phi) is 10.8. The third kappa shape index (κ3) is 8.82. The normalized spacial score (nSPS) is 17.4. The first-order valence-electron chi connectivity index (χ1n) is 9.23. The second kappa shape index (κ2) is 12.6. The van der Waals surface area contributed by atoms with Crippen LogP contribution in [0, 0.1) is 0 Å². The minimum atomic E-state index is -0.386. The Morgan fingerprint density at radius 1 is 1.24 bits per heavy atom. The smallest absolute Gasteiger partial charge is 0.331 e. The Labute approximate surface area is 150 Å². The standard InChI is InChI=1S/C19H31NO5/c1-3-4-5-8-17(21)11-9-16-10-12-18(22)20(16)13-6-7-14-25-15-19(23)24-2/h9,11,16H,3-8,10,12-15H2,1-2H3/b11-9+/t16-/m0/s1. The molecule has 0 aromatic heterocycles. The first-order chi connectivity index (χ1) is 12.1. The number of amides is 1. The van der Waals surface area contributed by atoms with Crippen LogP contribution in [0.4, 0.5) is 0 Å². The molecule has 0 aromatic rings. The molecule has 0 bridgehead atoms. The van der Waals surface area contributed by atoms with Gasteiger partial charge in [0.1, 0.15) is 6.61 Å². The molecule has 1 saturated heterocycles. The van der Waals surface area contributed by atoms with E-state index in [1.165, 1.54) is 7.11 Å². The van der Waals surface area contributed by atoms with Crippen LogP contribution in [0.2, 0.25) is 0 Å². The summed E-state index contributed by atoms with van der Waals surface area (Å²) < 4.78 is 9.68. The van der Waals surface area contributed by atoms with E-state index < -0.39 is 0 Å². The fraction of sp³-hybridized carbons (Fsp3) is 0.737. The highest BCUT2D eigenvalue weighted by Gasteiger charge is 2.28. The van der Waals surface area contributed by atoms with E-state index in [0.717, 1.165) is 38.5 Å². The Hall–Kier alpha value is -1.69. The molecule has 1 aliphatic heterocycles. The van der Waals surface area contributed by atoms with Gasteiger partial charge in [-0.05, 0) is 31.8 Å². The zero-order chi connectivity index (χ0) is 18.5. The summed E-state index contributed by atoms with van der Waals surface area (Å²) in [5.74, 6) is -0.101. The van der Waals surface area contributed by atoms with Gasteiger partial charge in [-0.15, -0.1) is 0 Å². The Balaban J connectivity index is 2.27. The van der Waals surface area contributed by atoms with E-state index in [1.807, 2.05) is 11.0 Å². The van der Waals surface area contributed by atoms with Gasteiger partial charge in [0.05, 0.1) is 13.2 Å². The number of ketones is 1. The highest BCUT2D eigenvalue weighted by Crippen LogP contribution is 2.20. The SMILES string of the molecule is CCCCCC(=O)/C=C/[C@H]1CCC(=O)N1CCCCOCC(=O)OC. The molecule has 1 atom stereocenters. The summed E-state index contributed by atoms with van der Waals surface area (Å²) in [6.07, 6.45) is 10.1. The first kappa shape index (κ1) is 21.4. The highest BCUT2D eigenvalue weighted by molar-refractivity contribution is 5.90. The molecule has 0 aromatic carbocycles. The van der Waals surface area contributed by atoms with Crippen molar-refractivity contribution in [2.45, 2.75) is 64.3 Å². The van der Waals surface area contributed by atoms with Gasteiger partial charge in [-0.25, -0.2) is 4.79 Å². The predicted molar refractivity (Wildman–Crippen MR) is 95.1 cm³/mol. The summed E-state index contributed by atoms with van der Waals surface area (Å²) >= 11 is 0. The molecule has 0 aliphatic carbocycles. The number of allylic oxidation sites excluding steroid dienone is 1. The summed E-state index contributed by atoms with van der Waals surface area (Å²) in [6.45, 7) is 3.19. The van der Waals surface area contributed by atoms with Crippen LogP contribution in [0.15, 0.2) is 12.2 Å². The maximum atomic E-state index is 12.0. The molecule has 1 amide bonds. The van der Waals surface area contributed by atoms with Crippen molar-refractivity contribution >= 4 is 17.7 Å². The van der Waals surface area contributed by atoms with Crippen molar-refractivity contribution in [3.05, 3.63) is 12.2 Å². The van der Waals surface area contributed by atoms with Gasteiger partial charge in [0.2, 0.25) is 5.91 Å². The van der Waals surface area contributed by atoms with Crippen molar-refractivity contribution in [2.75, 3.05) is 26.9 Å². The number of rotatable bonds is 13. The molecular formula is C19H31NO5. The van der Waals surface area contributed by atoms with Crippen LogP contribution in [0.3, 0.4) is 0 Å². The molecule has 25 heavy (non-hydrogen) atoms. The third-order valence-electron chi connectivity index (χ3n) is 4.29. The second-order valence-corrected chi connectivity index (χ2v) is 6.31. The van der Waals surface area contributed by atoms with Crippen molar-refractivity contribution in [3.8, 4) is 0 Å². The van der Waals surface area contributed by atoms with E-state index in [2.05, 4.69) is 11.7 Å². The maximum Gasteiger partial charge on any atom is 0.331 e. The van der Waals surface area contributed by atoms with Gasteiger partial charge in [0, 0.05) is 26.0 Å². The molecule has 142 valence electrons. The largest absolute Gasteiger partial charge is 0.467 e. The summed E-state index contributed by atoms with van der Waals surface area (Å²) in [5, 5.41) is 0. The average molecular weight is 353 g/mol. The number of unbranched alkanes of at least 4 members (excludes halogenated alkanes) is 3. The Bertz CT molecular complexity index is 461. The average Bonchev–Trinajstić information content (AvgIpc) is 2.96. The lowest BCUT2D eigenvalue weighted by molar-refractivity contribution is -0.145. The van der Waals surface area contributed by atoms with Gasteiger partial charge in [-0.1, -0.05) is 25.8 Å². The van der Waals surface area contributed by atoms with Crippen molar-refractivity contribution in [1.82, 2.24) is 4.90 Å². The molecule has 0 N–H and O–H groups in total. The maximum absolute atomic E-state index is 12.0. The molecule has 0 spiro atoms. The molecule has 6 heteroatoms. The fourth-order valence-electron chi connectivity index (χ4n) is 2.80. The monoisotopic (exact) mass is 353 g/mol. The zero-order valence-electron chi connectivity index (χ0n) is 15.5. The van der Waals surface area contributed by atoms with E-state index in [1.54, 1.807) is 6.08 Å². The van der Waals surface area contributed by atoms with Crippen LogP contribution in [0.1, 0.15) is 58.3 Å². The Morgan fingerprint density at radius 2 is 2.04 bits per heavy atom. The van der Waals surface area contributed by atoms with Gasteiger partial charge in [-0.2, -0.15) is 0 Å². The van der Waals surface area contributed by atoms with E-state index in [-0.39, 0.29) is 30.3 Å². The van der Waals surface area contributed by atoms with E-state index >= 15 is 0 Å². The predicted octanol–water partition coefficient (Wildman–Crippen LogP) is 2.65. The number of hydrogen-bond donors (Lipinski definition) is 0. The summed E-state index contributed by atoms with van der Waals surface area (Å²) in [6, 6.07) is 0.0265. The van der Waals surface area contributed by atoms with E-state index in [0.29, 0.717) is 26.0 Å². The highest BCUT2D eigenvalue weighted by atomic mass is 16.6. The van der Waals surface area contributed by atoms with Crippen molar-refractivity contribution in [1.29, 1.82) is 0 Å². The van der Waals surface area contributed by atoms with E-state index in [9.17, 15) is 14.4 Å². The lowest BCUT2D eigenvalue weighted by Gasteiger charge is -2.22.